The van der Waals surface area contributed by atoms with Crippen LogP contribution in [0.1, 0.15) is 49.4 Å². The van der Waals surface area contributed by atoms with Gasteiger partial charge >= 0.3 is 0 Å². The van der Waals surface area contributed by atoms with Gasteiger partial charge in [0.2, 0.25) is 5.82 Å². The lowest BCUT2D eigenvalue weighted by Gasteiger charge is -2.13. The van der Waals surface area contributed by atoms with Crippen molar-refractivity contribution >= 4 is 0 Å². The molecular formula is C23H24N4O2. The molecule has 3 aromatic rings. The average molecular weight is 388 g/mol. The Morgan fingerprint density at radius 2 is 2.17 bits per heavy atom. The Labute approximate surface area is 170 Å². The van der Waals surface area contributed by atoms with Crippen LogP contribution in [0.5, 0.6) is 5.75 Å². The summed E-state index contributed by atoms with van der Waals surface area (Å²) in [5, 5.41) is 17.2. The van der Waals surface area contributed by atoms with E-state index >= 15 is 0 Å². The van der Waals surface area contributed by atoms with E-state index in [-0.39, 0.29) is 0 Å². The van der Waals surface area contributed by atoms with Crippen molar-refractivity contribution in [3.63, 3.8) is 0 Å². The van der Waals surface area contributed by atoms with Gasteiger partial charge in [0.05, 0.1) is 12.2 Å². The zero-order valence-electron chi connectivity index (χ0n) is 16.7. The molecule has 1 aliphatic rings. The number of benzene rings is 2. The third-order valence-corrected chi connectivity index (χ3v) is 5.23. The Hall–Kier alpha value is -3.17. The molecule has 1 heterocycles. The lowest BCUT2D eigenvalue weighted by atomic mass is 10.0. The topological polar surface area (TPSA) is 84.0 Å². The molecule has 148 valence electrons. The quantitative estimate of drug-likeness (QED) is 0.634. The zero-order chi connectivity index (χ0) is 20.2. The lowest BCUT2D eigenvalue weighted by Crippen LogP contribution is -2.19. The largest absolute Gasteiger partial charge is 0.492 e. The van der Waals surface area contributed by atoms with Crippen molar-refractivity contribution in [2.75, 3.05) is 13.2 Å². The van der Waals surface area contributed by atoms with Crippen LogP contribution in [0.4, 0.5) is 0 Å². The molecule has 0 radical (unpaired) electrons. The molecule has 2 aromatic carbocycles. The number of nitrogens with one attached hydrogen (secondary N) is 1. The van der Waals surface area contributed by atoms with E-state index in [9.17, 15) is 5.26 Å². The van der Waals surface area contributed by atoms with Crippen LogP contribution in [-0.4, -0.2) is 23.3 Å². The smallest absolute Gasteiger partial charge is 0.258 e. The molecule has 29 heavy (non-hydrogen) atoms. The van der Waals surface area contributed by atoms with Gasteiger partial charge in [-0.15, -0.1) is 0 Å². The van der Waals surface area contributed by atoms with Crippen molar-refractivity contribution in [3.05, 3.63) is 53.1 Å². The SMILES string of the molecule is CCCN[C@H]1CCc2c(-c3noc(-c4ccc(OCC)c(C#N)c4)n3)cccc21. The normalized spacial score (nSPS) is 15.1. The Morgan fingerprint density at radius 3 is 2.97 bits per heavy atom. The number of nitrogens with zero attached hydrogens (tertiary/aromatic N) is 3. The predicted octanol–water partition coefficient (Wildman–Crippen LogP) is 4.66. The van der Waals surface area contributed by atoms with E-state index in [0.717, 1.165) is 31.4 Å². The Balaban J connectivity index is 1.64. The maximum Gasteiger partial charge on any atom is 0.258 e. The Morgan fingerprint density at radius 1 is 1.28 bits per heavy atom. The Bertz CT molecular complexity index is 1050. The molecule has 1 N–H and O–H groups in total. The van der Waals surface area contributed by atoms with Gasteiger partial charge in [0.15, 0.2) is 0 Å². The van der Waals surface area contributed by atoms with Gasteiger partial charge in [0.1, 0.15) is 11.8 Å². The minimum absolute atomic E-state index is 0.389. The average Bonchev–Trinajstić information content (AvgIpc) is 3.40. The van der Waals surface area contributed by atoms with E-state index in [1.54, 1.807) is 12.1 Å². The first-order chi connectivity index (χ1) is 14.2. The van der Waals surface area contributed by atoms with Crippen molar-refractivity contribution in [2.24, 2.45) is 0 Å². The molecule has 0 unspecified atom stereocenters. The lowest BCUT2D eigenvalue weighted by molar-refractivity contribution is 0.339. The van der Waals surface area contributed by atoms with Crippen LogP contribution in [0.2, 0.25) is 0 Å². The number of nitriles is 1. The second kappa shape index (κ2) is 8.46. The summed E-state index contributed by atoms with van der Waals surface area (Å²) in [5.41, 5.74) is 4.80. The molecule has 0 saturated carbocycles. The van der Waals surface area contributed by atoms with Crippen LogP contribution >= 0.6 is 0 Å². The highest BCUT2D eigenvalue weighted by molar-refractivity contribution is 5.67. The van der Waals surface area contributed by atoms with Gasteiger partial charge in [-0.05, 0) is 62.1 Å². The number of aromatic nitrogens is 2. The van der Waals surface area contributed by atoms with E-state index in [1.807, 2.05) is 13.0 Å². The molecule has 6 nitrogen and oxygen atoms in total. The molecule has 6 heteroatoms. The van der Waals surface area contributed by atoms with Crippen LogP contribution < -0.4 is 10.1 Å². The summed E-state index contributed by atoms with van der Waals surface area (Å²) in [6.45, 7) is 5.59. The summed E-state index contributed by atoms with van der Waals surface area (Å²) in [4.78, 5) is 4.62. The first kappa shape index (κ1) is 19.2. The number of fused-ring (bicyclic) bond motifs is 1. The molecule has 0 saturated heterocycles. The number of rotatable bonds is 7. The highest BCUT2D eigenvalue weighted by Crippen LogP contribution is 2.37. The van der Waals surface area contributed by atoms with Crippen LogP contribution in [0.25, 0.3) is 22.8 Å². The maximum atomic E-state index is 9.39. The summed E-state index contributed by atoms with van der Waals surface area (Å²) in [6, 6.07) is 14.2. The van der Waals surface area contributed by atoms with Crippen molar-refractivity contribution in [3.8, 4) is 34.7 Å². The molecular weight excluding hydrogens is 364 g/mol. The molecule has 0 amide bonds. The molecule has 0 fully saturated rings. The second-order valence-electron chi connectivity index (χ2n) is 7.10. The molecule has 4 rings (SSSR count). The van der Waals surface area contributed by atoms with Crippen LogP contribution in [-0.2, 0) is 6.42 Å². The minimum atomic E-state index is 0.389. The van der Waals surface area contributed by atoms with Gasteiger partial charge in [0, 0.05) is 17.2 Å². The van der Waals surface area contributed by atoms with E-state index in [4.69, 9.17) is 9.26 Å². The number of hydrogen-bond donors (Lipinski definition) is 1. The van der Waals surface area contributed by atoms with E-state index in [0.29, 0.717) is 41.2 Å². The molecule has 0 spiro atoms. The number of hydrogen-bond acceptors (Lipinski definition) is 6. The first-order valence-electron chi connectivity index (χ1n) is 10.1. The fourth-order valence-corrected chi connectivity index (χ4v) is 3.88. The van der Waals surface area contributed by atoms with Crippen LogP contribution in [0, 0.1) is 11.3 Å². The highest BCUT2D eigenvalue weighted by Gasteiger charge is 2.26. The minimum Gasteiger partial charge on any atom is -0.492 e. The van der Waals surface area contributed by atoms with E-state index in [2.05, 4.69) is 46.6 Å². The van der Waals surface area contributed by atoms with E-state index in [1.165, 1.54) is 11.1 Å². The summed E-state index contributed by atoms with van der Waals surface area (Å²) in [6.07, 6.45) is 3.20. The molecule has 0 aliphatic heterocycles. The Kier molecular flexibility index (Phi) is 5.59. The number of ether oxygens (including phenoxy) is 1. The predicted molar refractivity (Wildman–Crippen MR) is 110 cm³/mol. The molecule has 1 atom stereocenters. The van der Waals surface area contributed by atoms with Gasteiger partial charge in [-0.2, -0.15) is 10.2 Å². The van der Waals surface area contributed by atoms with Gasteiger partial charge in [-0.1, -0.05) is 30.3 Å². The third kappa shape index (κ3) is 3.74. The molecule has 1 aliphatic carbocycles. The van der Waals surface area contributed by atoms with Gasteiger partial charge in [-0.3, -0.25) is 0 Å². The second-order valence-corrected chi connectivity index (χ2v) is 7.10. The third-order valence-electron chi connectivity index (χ3n) is 5.23. The fourth-order valence-electron chi connectivity index (χ4n) is 3.88. The van der Waals surface area contributed by atoms with Gasteiger partial charge in [-0.25, -0.2) is 0 Å². The fraction of sp³-hybridized carbons (Fsp3) is 0.348. The standard InChI is InChI=1S/C23H24N4O2/c1-3-12-25-20-10-9-17-18(20)6-5-7-19(17)22-26-23(29-27-22)15-8-11-21(28-4-2)16(13-15)14-24/h5-8,11,13,20,25H,3-4,9-10,12H2,1-2H3/t20-/m0/s1. The summed E-state index contributed by atoms with van der Waals surface area (Å²) < 4.78 is 11.0. The highest BCUT2D eigenvalue weighted by atomic mass is 16.5. The molecule has 1 aromatic heterocycles. The van der Waals surface area contributed by atoms with Crippen molar-refractivity contribution in [1.29, 1.82) is 5.26 Å². The van der Waals surface area contributed by atoms with Crippen molar-refractivity contribution in [2.45, 2.75) is 39.2 Å². The van der Waals surface area contributed by atoms with Gasteiger partial charge < -0.3 is 14.6 Å². The zero-order valence-corrected chi connectivity index (χ0v) is 16.7. The van der Waals surface area contributed by atoms with Gasteiger partial charge in [0.25, 0.3) is 5.89 Å². The van der Waals surface area contributed by atoms with Crippen LogP contribution in [0.3, 0.4) is 0 Å². The monoisotopic (exact) mass is 388 g/mol. The summed E-state index contributed by atoms with van der Waals surface area (Å²) in [7, 11) is 0. The van der Waals surface area contributed by atoms with Crippen molar-refractivity contribution < 1.29 is 9.26 Å². The summed E-state index contributed by atoms with van der Waals surface area (Å²) >= 11 is 0. The first-order valence-corrected chi connectivity index (χ1v) is 10.1. The summed E-state index contributed by atoms with van der Waals surface area (Å²) in [5.74, 6) is 1.54. The maximum absolute atomic E-state index is 9.39. The van der Waals surface area contributed by atoms with E-state index < -0.39 is 0 Å². The van der Waals surface area contributed by atoms with Crippen LogP contribution in [0.15, 0.2) is 40.9 Å². The van der Waals surface area contributed by atoms with Crippen molar-refractivity contribution in [1.82, 2.24) is 15.5 Å². The molecule has 0 bridgehead atoms.